The Morgan fingerprint density at radius 2 is 2.43 bits per heavy atom. The van der Waals surface area contributed by atoms with Crippen molar-refractivity contribution in [1.29, 1.82) is 0 Å². The third-order valence-corrected chi connectivity index (χ3v) is 3.98. The zero-order valence-electron chi connectivity index (χ0n) is 12.1. The first kappa shape index (κ1) is 13.9. The fraction of sp³-hybridized carbons (Fsp3) is 0.467. The lowest BCUT2D eigenvalue weighted by Crippen LogP contribution is -2.31. The van der Waals surface area contributed by atoms with Crippen LogP contribution in [0.1, 0.15) is 29.2 Å². The molecule has 1 aliphatic heterocycles. The van der Waals surface area contributed by atoms with Gasteiger partial charge in [-0.05, 0) is 44.0 Å². The maximum atomic E-state index is 11.9. The van der Waals surface area contributed by atoms with Crippen molar-refractivity contribution < 1.29 is 9.53 Å². The van der Waals surface area contributed by atoms with E-state index in [1.165, 1.54) is 20.0 Å². The molecule has 112 valence electrons. The zero-order chi connectivity index (χ0) is 14.8. The number of esters is 1. The van der Waals surface area contributed by atoms with Crippen molar-refractivity contribution >= 4 is 17.2 Å². The van der Waals surface area contributed by atoms with Crippen LogP contribution in [0.15, 0.2) is 18.3 Å². The Hall–Kier alpha value is -2.08. The number of carbonyl (C=O) groups is 1. The molecule has 3 heterocycles. The smallest absolute Gasteiger partial charge is 0.358 e. The Bertz CT molecular complexity index is 659. The molecule has 0 saturated carbocycles. The molecule has 1 atom stereocenters. The molecule has 1 unspecified atom stereocenters. The highest BCUT2D eigenvalue weighted by molar-refractivity contribution is 5.95. The van der Waals surface area contributed by atoms with E-state index in [-0.39, 0.29) is 0 Å². The van der Waals surface area contributed by atoms with Crippen LogP contribution >= 0.6 is 0 Å². The lowest BCUT2D eigenvalue weighted by atomic mass is 9.96. The highest BCUT2D eigenvalue weighted by atomic mass is 16.5. The number of aromatic nitrogens is 2. The summed E-state index contributed by atoms with van der Waals surface area (Å²) >= 11 is 0. The number of methoxy groups -OCH3 is 1. The molecule has 2 aromatic heterocycles. The standard InChI is InChI=1S/C15H20N4O2/c1-21-15(20)14-12-5-4-11(16)9-19(12)13(18-14)7-10-3-2-6-17-8-10/h4-5,9-10,17H,2-3,6-8,16H2,1H3. The van der Waals surface area contributed by atoms with Gasteiger partial charge in [-0.3, -0.25) is 0 Å². The van der Waals surface area contributed by atoms with Crippen molar-refractivity contribution in [3.8, 4) is 0 Å². The van der Waals surface area contributed by atoms with Crippen LogP contribution in [0.3, 0.4) is 0 Å². The quantitative estimate of drug-likeness (QED) is 0.831. The topological polar surface area (TPSA) is 81.6 Å². The van der Waals surface area contributed by atoms with Crippen LogP contribution in [0.5, 0.6) is 0 Å². The zero-order valence-corrected chi connectivity index (χ0v) is 12.1. The fourth-order valence-electron chi connectivity index (χ4n) is 2.91. The summed E-state index contributed by atoms with van der Waals surface area (Å²) in [6.07, 6.45) is 5.01. The van der Waals surface area contributed by atoms with Crippen molar-refractivity contribution in [2.45, 2.75) is 19.3 Å². The van der Waals surface area contributed by atoms with Crippen molar-refractivity contribution in [3.63, 3.8) is 0 Å². The largest absolute Gasteiger partial charge is 0.464 e. The number of nitrogens with one attached hydrogen (secondary N) is 1. The van der Waals surface area contributed by atoms with E-state index in [1.807, 2.05) is 16.7 Å². The van der Waals surface area contributed by atoms with Crippen molar-refractivity contribution in [1.82, 2.24) is 14.7 Å². The van der Waals surface area contributed by atoms with Gasteiger partial charge < -0.3 is 20.2 Å². The Morgan fingerprint density at radius 3 is 3.14 bits per heavy atom. The summed E-state index contributed by atoms with van der Waals surface area (Å²) in [5.41, 5.74) is 7.62. The second-order valence-corrected chi connectivity index (χ2v) is 5.50. The molecule has 1 fully saturated rings. The van der Waals surface area contributed by atoms with Crippen LogP contribution in [0, 0.1) is 5.92 Å². The number of pyridine rings is 1. The van der Waals surface area contributed by atoms with Crippen molar-refractivity contribution in [2.75, 3.05) is 25.9 Å². The molecule has 0 aliphatic carbocycles. The average Bonchev–Trinajstić information content (AvgIpc) is 2.85. The first-order valence-corrected chi connectivity index (χ1v) is 7.24. The van der Waals surface area contributed by atoms with E-state index in [1.54, 1.807) is 6.07 Å². The van der Waals surface area contributed by atoms with Crippen LogP contribution in [0.25, 0.3) is 5.52 Å². The number of nitrogens with two attached hydrogens (primary N) is 1. The summed E-state index contributed by atoms with van der Waals surface area (Å²) in [6.45, 7) is 2.07. The number of piperidine rings is 1. The van der Waals surface area contributed by atoms with Crippen molar-refractivity contribution in [3.05, 3.63) is 29.8 Å². The summed E-state index contributed by atoms with van der Waals surface area (Å²) < 4.78 is 6.73. The maximum Gasteiger partial charge on any atom is 0.358 e. The molecule has 3 rings (SSSR count). The Labute approximate surface area is 123 Å². The molecule has 1 aliphatic rings. The van der Waals surface area contributed by atoms with Crippen LogP contribution in [0.4, 0.5) is 5.69 Å². The maximum absolute atomic E-state index is 11.9. The van der Waals surface area contributed by atoms with Gasteiger partial charge in [-0.15, -0.1) is 0 Å². The number of nitrogens with zero attached hydrogens (tertiary/aromatic N) is 2. The molecule has 0 radical (unpaired) electrons. The number of hydrogen-bond donors (Lipinski definition) is 2. The Morgan fingerprint density at radius 1 is 1.57 bits per heavy atom. The Balaban J connectivity index is 2.00. The summed E-state index contributed by atoms with van der Waals surface area (Å²) in [6, 6.07) is 3.59. The lowest BCUT2D eigenvalue weighted by Gasteiger charge is -2.22. The van der Waals surface area contributed by atoms with Gasteiger partial charge in [-0.1, -0.05) is 0 Å². The molecular weight excluding hydrogens is 268 g/mol. The fourth-order valence-corrected chi connectivity index (χ4v) is 2.91. The third kappa shape index (κ3) is 2.71. The number of imidazole rings is 1. The molecule has 0 spiro atoms. The minimum atomic E-state index is -0.412. The molecule has 3 N–H and O–H groups in total. The highest BCUT2D eigenvalue weighted by Gasteiger charge is 2.21. The molecule has 0 bridgehead atoms. The average molecular weight is 288 g/mol. The number of anilines is 1. The van der Waals surface area contributed by atoms with Crippen LogP contribution < -0.4 is 11.1 Å². The molecule has 0 amide bonds. The van der Waals surface area contributed by atoms with Crippen molar-refractivity contribution in [2.24, 2.45) is 5.92 Å². The third-order valence-electron chi connectivity index (χ3n) is 3.98. The normalized spacial score (nSPS) is 18.8. The van der Waals surface area contributed by atoms with Gasteiger partial charge in [0.2, 0.25) is 0 Å². The van der Waals surface area contributed by atoms with Gasteiger partial charge in [-0.25, -0.2) is 9.78 Å². The number of nitrogen functional groups attached to an aromatic ring is 1. The summed E-state index contributed by atoms with van der Waals surface area (Å²) in [4.78, 5) is 16.4. The summed E-state index contributed by atoms with van der Waals surface area (Å²) in [5, 5.41) is 3.40. The molecule has 0 aromatic carbocycles. The number of fused-ring (bicyclic) bond motifs is 1. The number of carbonyl (C=O) groups excluding carboxylic acids is 1. The van der Waals surface area contributed by atoms with E-state index in [0.29, 0.717) is 17.3 Å². The Kier molecular flexibility index (Phi) is 3.79. The minimum Gasteiger partial charge on any atom is -0.464 e. The van der Waals surface area contributed by atoms with E-state index in [4.69, 9.17) is 10.5 Å². The molecule has 6 heteroatoms. The SMILES string of the molecule is COC(=O)c1nc(CC2CCCNC2)n2cc(N)ccc12. The van der Waals surface area contributed by atoms with E-state index in [2.05, 4.69) is 10.3 Å². The van der Waals surface area contributed by atoms with Gasteiger partial charge in [0.05, 0.1) is 12.6 Å². The molecule has 21 heavy (non-hydrogen) atoms. The van der Waals surface area contributed by atoms with E-state index in [9.17, 15) is 4.79 Å². The van der Waals surface area contributed by atoms with Crippen LogP contribution in [-0.2, 0) is 11.2 Å². The number of rotatable bonds is 3. The number of ether oxygens (including phenoxy) is 1. The molecular formula is C15H20N4O2. The minimum absolute atomic E-state index is 0.358. The van der Waals surface area contributed by atoms with Crippen LogP contribution in [-0.4, -0.2) is 35.6 Å². The second-order valence-electron chi connectivity index (χ2n) is 5.50. The van der Waals surface area contributed by atoms with E-state index >= 15 is 0 Å². The highest BCUT2D eigenvalue weighted by Crippen LogP contribution is 2.21. The monoisotopic (exact) mass is 288 g/mol. The van der Waals surface area contributed by atoms with Gasteiger partial charge in [0.15, 0.2) is 5.69 Å². The van der Waals surface area contributed by atoms with E-state index < -0.39 is 5.97 Å². The predicted molar refractivity (Wildman–Crippen MR) is 80.2 cm³/mol. The second kappa shape index (κ2) is 5.73. The first-order valence-electron chi connectivity index (χ1n) is 7.24. The van der Waals surface area contributed by atoms with Crippen LogP contribution in [0.2, 0.25) is 0 Å². The summed E-state index contributed by atoms with van der Waals surface area (Å²) in [7, 11) is 1.37. The number of hydrogen-bond acceptors (Lipinski definition) is 5. The van der Waals surface area contributed by atoms with Gasteiger partial charge in [0, 0.05) is 18.3 Å². The lowest BCUT2D eigenvalue weighted by molar-refractivity contribution is 0.0596. The predicted octanol–water partition coefficient (Wildman–Crippen LogP) is 1.25. The van der Waals surface area contributed by atoms with Gasteiger partial charge in [0.1, 0.15) is 5.82 Å². The molecule has 6 nitrogen and oxygen atoms in total. The van der Waals surface area contributed by atoms with Gasteiger partial charge in [0.25, 0.3) is 0 Å². The van der Waals surface area contributed by atoms with E-state index in [0.717, 1.165) is 30.9 Å². The van der Waals surface area contributed by atoms with Gasteiger partial charge in [-0.2, -0.15) is 0 Å². The molecule has 1 saturated heterocycles. The summed E-state index contributed by atoms with van der Waals surface area (Å²) in [5.74, 6) is 0.993. The van der Waals surface area contributed by atoms with Gasteiger partial charge >= 0.3 is 5.97 Å². The molecule has 2 aromatic rings. The first-order chi connectivity index (χ1) is 10.2.